The van der Waals surface area contributed by atoms with Crippen LogP contribution in [0.25, 0.3) is 21.5 Å². The van der Waals surface area contributed by atoms with Gasteiger partial charge in [-0.2, -0.15) is 38.8 Å². The first kappa shape index (κ1) is 70.8. The van der Waals surface area contributed by atoms with Crippen LogP contribution < -0.4 is 10.1 Å². The van der Waals surface area contributed by atoms with E-state index in [0.717, 1.165) is 49.6 Å². The molecule has 0 unspecified atom stereocenters. The molecule has 0 atom stereocenters. The molecule has 0 aliphatic heterocycles. The van der Waals surface area contributed by atoms with Gasteiger partial charge in [-0.05, 0) is 95.7 Å². The van der Waals surface area contributed by atoms with E-state index in [4.69, 9.17) is 30.0 Å². The number of methoxy groups -OCH3 is 1. The number of phenolic OH excluding ortho intramolecular Hbond substituents is 4. The predicted octanol–water partition coefficient (Wildman–Crippen LogP) is 8.70. The molecule has 0 aliphatic rings. The topological polar surface area (TPSA) is 541 Å². The predicted molar refractivity (Wildman–Crippen MR) is 291 cm³/mol. The van der Waals surface area contributed by atoms with E-state index < -0.39 is 122 Å². The molecule has 0 saturated heterocycles. The van der Waals surface area contributed by atoms with Gasteiger partial charge in [0.1, 0.15) is 71.7 Å². The molecule has 0 fully saturated rings. The number of benzene rings is 8. The van der Waals surface area contributed by atoms with E-state index in [9.17, 15) is 77.4 Å². The van der Waals surface area contributed by atoms with Crippen molar-refractivity contribution in [2.45, 2.75) is 26.2 Å². The number of aromatic hydroxyl groups is 4. The molecule has 0 aliphatic carbocycles. The molecule has 0 spiro atoms. The van der Waals surface area contributed by atoms with E-state index in [1.165, 1.54) is 48.5 Å². The van der Waals surface area contributed by atoms with E-state index in [-0.39, 0.29) is 90.4 Å². The fraction of sp³-hybridized carbons (Fsp3) is 0.0435. The van der Waals surface area contributed by atoms with Gasteiger partial charge in [0.15, 0.2) is 11.5 Å². The van der Waals surface area contributed by atoms with Gasteiger partial charge in [-0.15, -0.1) is 61.1 Å². The van der Waals surface area contributed by atoms with Crippen LogP contribution in [0.15, 0.2) is 182 Å². The summed E-state index contributed by atoms with van der Waals surface area (Å²) in [6, 6.07) is 24.7. The molecule has 8 aromatic rings. The number of nitrogens with one attached hydrogen (secondary N) is 1. The molecule has 0 saturated carbocycles. The first-order valence-corrected chi connectivity index (χ1v) is 30.0. The first-order valence-electron chi connectivity index (χ1n) is 22.2. The van der Waals surface area contributed by atoms with Crippen LogP contribution in [0.5, 0.6) is 28.7 Å². The number of aliphatic hydroxyl groups is 1. The van der Waals surface area contributed by atoms with Crippen molar-refractivity contribution >= 4 is 140 Å². The monoisotopic (exact) mass is 1410 g/mol. The average molecular weight is 1420 g/mol. The van der Waals surface area contributed by atoms with E-state index in [2.05, 4.69) is 46.2 Å². The smallest absolute Gasteiger partial charge is 0.425 e. The molecule has 33 nitrogen and oxygen atoms in total. The Morgan fingerprint density at radius 1 is 0.437 bits per heavy atom. The number of hydrogen-bond acceptors (Lipinski definition) is 29. The second-order valence-electron chi connectivity index (χ2n) is 16.3. The number of azo groups is 4. The first-order chi connectivity index (χ1) is 39.7. The van der Waals surface area contributed by atoms with Crippen molar-refractivity contribution in [3.05, 3.63) is 127 Å². The van der Waals surface area contributed by atoms with Crippen molar-refractivity contribution in [1.29, 1.82) is 0 Å². The maximum Gasteiger partial charge on any atom is 0.425 e. The Hall–Kier alpha value is -8.64. The second kappa shape index (κ2) is 29.2. The number of phenols is 4. The summed E-state index contributed by atoms with van der Waals surface area (Å²) in [4.78, 5) is -3.33. The van der Waals surface area contributed by atoms with Gasteiger partial charge in [0.25, 0.3) is 40.5 Å². The molecule has 0 bridgehead atoms. The Bertz CT molecular complexity index is 4840. The van der Waals surface area contributed by atoms with E-state index in [1.807, 2.05) is 0 Å². The zero-order chi connectivity index (χ0) is 62.9. The maximum absolute atomic E-state index is 12.7. The average Bonchev–Trinajstić information content (AvgIpc) is 0.992. The van der Waals surface area contributed by atoms with Crippen LogP contribution in [-0.4, -0.2) is 110 Å². The van der Waals surface area contributed by atoms with Crippen molar-refractivity contribution in [3.63, 3.8) is 0 Å². The number of fused-ring (bicyclic) bond motifs is 2. The molecule has 8 rings (SSSR count). The SMILES string of the molecule is COc1cc(N=Nc2c(S(=O)(=O)O)cc3cc(Nc4ccc5c(O)c(N=Nc6cc(CO)c(N=Nc7ccccc7S(=O)(=O)O)cc6O)ccc5c4)ccc3c2O)c(O)cc1N=Nc1ccc(S(=O)(=O)O)cc1S(=O)(=O)O.O=S(=O)=O.O=S(=O)=O.[Cu].[Cu]. The van der Waals surface area contributed by atoms with Crippen LogP contribution in [0.2, 0.25) is 0 Å². The Balaban J connectivity index is 0.00000153. The minimum Gasteiger partial charge on any atom is -0.506 e. The Labute approximate surface area is 513 Å². The van der Waals surface area contributed by atoms with Crippen molar-refractivity contribution in [3.8, 4) is 28.7 Å². The minimum atomic E-state index is -5.13. The third-order valence-corrected chi connectivity index (χ3v) is 14.4. The van der Waals surface area contributed by atoms with Crippen LogP contribution in [0.4, 0.5) is 56.9 Å². The van der Waals surface area contributed by atoms with Crippen molar-refractivity contribution < 1.29 is 142 Å². The fourth-order valence-electron chi connectivity index (χ4n) is 7.26. The largest absolute Gasteiger partial charge is 0.506 e. The van der Waals surface area contributed by atoms with Gasteiger partial charge >= 0.3 is 21.2 Å². The normalized spacial score (nSPS) is 11.8. The Morgan fingerprint density at radius 3 is 1.45 bits per heavy atom. The molecular formula is C46H35Cu2N9O24S6. The number of ether oxygens (including phenoxy) is 1. The van der Waals surface area contributed by atoms with Gasteiger partial charge in [0.05, 0.1) is 24.3 Å². The number of rotatable bonds is 16. The van der Waals surface area contributed by atoms with Gasteiger partial charge in [0, 0.05) is 80.0 Å². The zero-order valence-electron chi connectivity index (χ0n) is 42.5. The summed E-state index contributed by atoms with van der Waals surface area (Å²) in [5.41, 5.74) is -1.50. The summed E-state index contributed by atoms with van der Waals surface area (Å²) >= 11 is 0. The molecule has 0 aromatic heterocycles. The summed E-state index contributed by atoms with van der Waals surface area (Å²) in [6.07, 6.45) is 0. The van der Waals surface area contributed by atoms with Crippen molar-refractivity contribution in [2.24, 2.45) is 40.9 Å². The van der Waals surface area contributed by atoms with Gasteiger partial charge in [0.2, 0.25) is 0 Å². The summed E-state index contributed by atoms with van der Waals surface area (Å²) in [5, 5.41) is 89.1. The minimum absolute atomic E-state index is 0. The number of nitrogens with zero attached hydrogens (tertiary/aromatic N) is 8. The Kier molecular flexibility index (Phi) is 23.7. The van der Waals surface area contributed by atoms with Crippen LogP contribution in [0.3, 0.4) is 0 Å². The van der Waals surface area contributed by atoms with E-state index in [0.29, 0.717) is 28.2 Å². The third-order valence-electron chi connectivity index (χ3n) is 10.9. The molecule has 2 radical (unpaired) electrons. The summed E-state index contributed by atoms with van der Waals surface area (Å²) in [5.74, 6) is -2.42. The van der Waals surface area contributed by atoms with Crippen LogP contribution in [-0.2, 0) is 102 Å². The quantitative estimate of drug-likeness (QED) is 0.0245. The number of hydrogen-bond donors (Lipinski definition) is 10. The summed E-state index contributed by atoms with van der Waals surface area (Å²) < 4.78 is 190. The molecule has 8 aromatic carbocycles. The number of anilines is 2. The molecule has 87 heavy (non-hydrogen) atoms. The van der Waals surface area contributed by atoms with E-state index >= 15 is 0 Å². The van der Waals surface area contributed by atoms with Crippen molar-refractivity contribution in [1.82, 2.24) is 0 Å². The van der Waals surface area contributed by atoms with E-state index in [1.54, 1.807) is 24.3 Å². The molecule has 0 amide bonds. The van der Waals surface area contributed by atoms with Crippen LogP contribution >= 0.6 is 0 Å². The van der Waals surface area contributed by atoms with Gasteiger partial charge in [-0.3, -0.25) is 18.2 Å². The molecule has 0 heterocycles. The number of aliphatic hydroxyl groups excluding tert-OH is 1. The summed E-state index contributed by atoms with van der Waals surface area (Å²) in [6.45, 7) is -0.610. The summed E-state index contributed by atoms with van der Waals surface area (Å²) in [7, 11) is -24.8. The molecule has 466 valence electrons. The standard InChI is InChI=1S/C46H35N9O18S4.2Cu.2O3S/c1-73-40-21-36(39(58)20-37(40)54-49-32-13-9-28(74(61,62)63)18-42(32)76(67,68)69)53-55-44-43(77(70,71)72)17-24-15-27(8-11-30(24)46(44)60)47-26-7-10-29-23(14-26)6-12-33(45(29)59)50-52-35-16-25(22-56)34(19-38(35)57)51-48-31-4-2-3-5-41(31)75(64,65)66;;;2*1-4(2)3/h2-21,47,56-60H,22H2,1H3,(H,61,62,63)(H,64,65,66)(H,67,68,69)(H,70,71,72);;;;. The van der Waals surface area contributed by atoms with Crippen LogP contribution in [0.1, 0.15) is 5.56 Å². The zero-order valence-corrected chi connectivity index (χ0v) is 49.3. The maximum atomic E-state index is 12.7. The van der Waals surface area contributed by atoms with Gasteiger partial charge < -0.3 is 35.6 Å². The Morgan fingerprint density at radius 2 is 0.897 bits per heavy atom. The van der Waals surface area contributed by atoms with Crippen molar-refractivity contribution in [2.75, 3.05) is 12.4 Å². The molecule has 41 heteroatoms. The second-order valence-corrected chi connectivity index (χ2v) is 22.8. The fourth-order valence-corrected chi connectivity index (χ4v) is 9.77. The molecular weight excluding hydrogens is 1380 g/mol. The van der Waals surface area contributed by atoms with Crippen LogP contribution in [0, 0.1) is 0 Å². The third kappa shape index (κ3) is 18.4. The molecule has 10 N–H and O–H groups in total. The van der Waals surface area contributed by atoms with Gasteiger partial charge in [-0.1, -0.05) is 18.2 Å². The van der Waals surface area contributed by atoms with Gasteiger partial charge in [-0.25, -0.2) is 0 Å².